The summed E-state index contributed by atoms with van der Waals surface area (Å²) in [4.78, 5) is 8.50. The summed E-state index contributed by atoms with van der Waals surface area (Å²) in [6, 6.07) is 0. The number of nitrogens with zero attached hydrogens (tertiary/aromatic N) is 4. The Kier molecular flexibility index (Phi) is 1.81. The number of hydrogen-bond acceptors (Lipinski definition) is 5. The van der Waals surface area contributed by atoms with E-state index in [1.54, 1.807) is 16.9 Å². The van der Waals surface area contributed by atoms with E-state index < -0.39 is 0 Å². The lowest BCUT2D eigenvalue weighted by Crippen LogP contribution is -2.08. The smallest absolute Gasteiger partial charge is 0.252 e. The van der Waals surface area contributed by atoms with Gasteiger partial charge in [0.05, 0.1) is 18.1 Å². The fourth-order valence-corrected chi connectivity index (χ4v) is 1.86. The molecule has 2 aromatic rings. The number of anilines is 1. The molecular weight excluding hydrogens is 192 g/mol. The van der Waals surface area contributed by atoms with Gasteiger partial charge in [0, 0.05) is 12.5 Å². The highest BCUT2D eigenvalue weighted by atomic mass is 15.3. The fourth-order valence-electron chi connectivity index (χ4n) is 1.86. The van der Waals surface area contributed by atoms with E-state index in [9.17, 15) is 0 Å². The molecule has 78 valence electrons. The highest BCUT2D eigenvalue weighted by molar-refractivity contribution is 5.38. The van der Waals surface area contributed by atoms with Crippen molar-refractivity contribution in [3.8, 4) is 0 Å². The van der Waals surface area contributed by atoms with Crippen LogP contribution in [0, 0.1) is 0 Å². The van der Waals surface area contributed by atoms with Crippen molar-refractivity contribution < 1.29 is 0 Å². The number of nitrogens with one attached hydrogen (secondary N) is 1. The molecular formula is C9H12N6. The predicted octanol–water partition coefficient (Wildman–Crippen LogP) is -0.217. The number of nitrogens with two attached hydrogens (primary N) is 1. The van der Waals surface area contributed by atoms with Gasteiger partial charge in [-0.2, -0.15) is 4.98 Å². The maximum Gasteiger partial charge on any atom is 0.252 e. The third-order valence-corrected chi connectivity index (χ3v) is 2.66. The fraction of sp³-hybridized carbons (Fsp3) is 0.444. The number of hydrogen-bond donors (Lipinski definition) is 2. The van der Waals surface area contributed by atoms with Gasteiger partial charge < -0.3 is 11.1 Å². The van der Waals surface area contributed by atoms with Crippen molar-refractivity contribution in [3.05, 3.63) is 18.2 Å². The Bertz CT molecular complexity index is 484. The number of aromatic nitrogens is 4. The Hall–Kier alpha value is -1.69. The first kappa shape index (κ1) is 8.60. The lowest BCUT2D eigenvalue weighted by Gasteiger charge is -1.99. The molecule has 0 saturated carbocycles. The highest BCUT2D eigenvalue weighted by Crippen LogP contribution is 2.19. The van der Waals surface area contributed by atoms with Crippen molar-refractivity contribution in [1.82, 2.24) is 24.9 Å². The van der Waals surface area contributed by atoms with Gasteiger partial charge >= 0.3 is 0 Å². The van der Waals surface area contributed by atoms with Gasteiger partial charge in [-0.25, -0.2) is 9.50 Å². The van der Waals surface area contributed by atoms with Crippen LogP contribution in [0.5, 0.6) is 0 Å². The van der Waals surface area contributed by atoms with E-state index in [1.165, 1.54) is 0 Å². The molecule has 0 radical (unpaired) electrons. The van der Waals surface area contributed by atoms with Crippen molar-refractivity contribution in [2.24, 2.45) is 0 Å². The molecule has 1 unspecified atom stereocenters. The van der Waals surface area contributed by atoms with Crippen LogP contribution in [-0.4, -0.2) is 32.7 Å². The Labute approximate surface area is 86.5 Å². The topological polar surface area (TPSA) is 81.1 Å². The van der Waals surface area contributed by atoms with Crippen LogP contribution in [0.15, 0.2) is 12.4 Å². The Morgan fingerprint density at radius 3 is 3.27 bits per heavy atom. The molecule has 3 heterocycles. The van der Waals surface area contributed by atoms with Gasteiger partial charge in [-0.1, -0.05) is 0 Å². The molecule has 0 aliphatic carbocycles. The summed E-state index contributed by atoms with van der Waals surface area (Å²) in [5.41, 5.74) is 6.22. The summed E-state index contributed by atoms with van der Waals surface area (Å²) in [5, 5.41) is 7.67. The molecule has 0 aromatic carbocycles. The lowest BCUT2D eigenvalue weighted by molar-refractivity contribution is 0.698. The molecule has 3 N–H and O–H groups in total. The maximum absolute atomic E-state index is 5.62. The van der Waals surface area contributed by atoms with Crippen molar-refractivity contribution >= 4 is 11.5 Å². The molecule has 1 fully saturated rings. The summed E-state index contributed by atoms with van der Waals surface area (Å²) < 4.78 is 1.64. The number of fused-ring (bicyclic) bond motifs is 1. The summed E-state index contributed by atoms with van der Waals surface area (Å²) in [6.07, 6.45) is 4.42. The van der Waals surface area contributed by atoms with E-state index in [2.05, 4.69) is 20.4 Å². The van der Waals surface area contributed by atoms with Gasteiger partial charge in [0.25, 0.3) is 5.78 Å². The molecule has 15 heavy (non-hydrogen) atoms. The molecule has 3 rings (SSSR count). The zero-order valence-corrected chi connectivity index (χ0v) is 8.22. The molecule has 1 aliphatic rings. The molecule has 0 amide bonds. The van der Waals surface area contributed by atoms with Gasteiger partial charge in [-0.3, -0.25) is 0 Å². The van der Waals surface area contributed by atoms with Crippen LogP contribution in [0.1, 0.15) is 18.2 Å². The van der Waals surface area contributed by atoms with Gasteiger partial charge in [-0.15, -0.1) is 5.10 Å². The second kappa shape index (κ2) is 3.16. The van der Waals surface area contributed by atoms with Crippen LogP contribution in [0.25, 0.3) is 5.78 Å². The zero-order chi connectivity index (χ0) is 10.3. The summed E-state index contributed by atoms with van der Waals surface area (Å²) >= 11 is 0. The predicted molar refractivity (Wildman–Crippen MR) is 55.4 cm³/mol. The van der Waals surface area contributed by atoms with Crippen LogP contribution >= 0.6 is 0 Å². The standard InChI is InChI=1S/C9H12N6/c10-7-4-12-9-13-8(14-15(9)5-7)6-1-2-11-3-6/h4-6,11H,1-3,10H2. The van der Waals surface area contributed by atoms with E-state index in [4.69, 9.17) is 5.73 Å². The summed E-state index contributed by atoms with van der Waals surface area (Å²) in [5.74, 6) is 1.89. The van der Waals surface area contributed by atoms with Crippen molar-refractivity contribution in [2.75, 3.05) is 18.8 Å². The Morgan fingerprint density at radius 1 is 1.53 bits per heavy atom. The zero-order valence-electron chi connectivity index (χ0n) is 8.22. The molecule has 6 heteroatoms. The minimum atomic E-state index is 0.410. The van der Waals surface area contributed by atoms with Crippen LogP contribution in [0.4, 0.5) is 5.69 Å². The van der Waals surface area contributed by atoms with E-state index >= 15 is 0 Å². The van der Waals surface area contributed by atoms with Crippen LogP contribution in [-0.2, 0) is 0 Å². The van der Waals surface area contributed by atoms with E-state index in [0.29, 0.717) is 17.4 Å². The maximum atomic E-state index is 5.62. The number of nitrogen functional groups attached to an aromatic ring is 1. The SMILES string of the molecule is Nc1cnc2nc(C3CCNC3)nn2c1. The molecule has 1 aliphatic heterocycles. The second-order valence-corrected chi connectivity index (χ2v) is 3.79. The first-order valence-corrected chi connectivity index (χ1v) is 5.01. The van der Waals surface area contributed by atoms with Crippen LogP contribution in [0.3, 0.4) is 0 Å². The van der Waals surface area contributed by atoms with Gasteiger partial charge in [0.15, 0.2) is 5.82 Å². The largest absolute Gasteiger partial charge is 0.396 e. The Morgan fingerprint density at radius 2 is 2.47 bits per heavy atom. The Balaban J connectivity index is 2.05. The van der Waals surface area contributed by atoms with Gasteiger partial charge in [0.1, 0.15) is 0 Å². The van der Waals surface area contributed by atoms with E-state index in [-0.39, 0.29) is 0 Å². The summed E-state index contributed by atoms with van der Waals surface area (Å²) in [6.45, 7) is 1.99. The molecule has 0 bridgehead atoms. The van der Waals surface area contributed by atoms with Crippen molar-refractivity contribution in [2.45, 2.75) is 12.3 Å². The average molecular weight is 204 g/mol. The van der Waals surface area contributed by atoms with Crippen LogP contribution < -0.4 is 11.1 Å². The third kappa shape index (κ3) is 1.42. The monoisotopic (exact) mass is 204 g/mol. The van der Waals surface area contributed by atoms with Crippen molar-refractivity contribution in [1.29, 1.82) is 0 Å². The normalized spacial score (nSPS) is 21.2. The lowest BCUT2D eigenvalue weighted by atomic mass is 10.1. The molecule has 1 atom stereocenters. The minimum absolute atomic E-state index is 0.410. The molecule has 0 spiro atoms. The number of rotatable bonds is 1. The first-order valence-electron chi connectivity index (χ1n) is 5.01. The molecule has 1 saturated heterocycles. The first-order chi connectivity index (χ1) is 7.33. The van der Waals surface area contributed by atoms with E-state index in [0.717, 1.165) is 25.3 Å². The minimum Gasteiger partial charge on any atom is -0.396 e. The quantitative estimate of drug-likeness (QED) is 0.671. The third-order valence-electron chi connectivity index (χ3n) is 2.66. The van der Waals surface area contributed by atoms with Crippen LogP contribution in [0.2, 0.25) is 0 Å². The molecule has 2 aromatic heterocycles. The summed E-state index contributed by atoms with van der Waals surface area (Å²) in [7, 11) is 0. The van der Waals surface area contributed by atoms with Gasteiger partial charge in [0.2, 0.25) is 0 Å². The second-order valence-electron chi connectivity index (χ2n) is 3.79. The highest BCUT2D eigenvalue weighted by Gasteiger charge is 2.21. The van der Waals surface area contributed by atoms with Gasteiger partial charge in [-0.05, 0) is 13.0 Å². The average Bonchev–Trinajstić information content (AvgIpc) is 2.84. The van der Waals surface area contributed by atoms with Crippen molar-refractivity contribution in [3.63, 3.8) is 0 Å². The molecule has 6 nitrogen and oxygen atoms in total. The van der Waals surface area contributed by atoms with E-state index in [1.807, 2.05) is 0 Å².